The number of allylic oxidation sites excluding steroid dienone is 1. The lowest BCUT2D eigenvalue weighted by molar-refractivity contribution is 0.603. The molecule has 0 bridgehead atoms. The molecule has 0 unspecified atom stereocenters. The van der Waals surface area contributed by atoms with Crippen LogP contribution in [0.2, 0.25) is 0 Å². The van der Waals surface area contributed by atoms with E-state index in [0.717, 1.165) is 34.5 Å². The van der Waals surface area contributed by atoms with Gasteiger partial charge in [-0.3, -0.25) is 0 Å². The number of fused-ring (bicyclic) bond motifs is 6. The van der Waals surface area contributed by atoms with E-state index >= 15 is 0 Å². The minimum Gasteiger partial charge on any atom is -0.456 e. The second kappa shape index (κ2) is 21.9. The van der Waals surface area contributed by atoms with Crippen molar-refractivity contribution in [1.29, 1.82) is 5.26 Å². The first-order valence-corrected chi connectivity index (χ1v) is 22.2. The van der Waals surface area contributed by atoms with E-state index < -0.39 is 0 Å². The zero-order valence-corrected chi connectivity index (χ0v) is 39.4. The van der Waals surface area contributed by atoms with Crippen molar-refractivity contribution in [2.75, 3.05) is 0 Å². The minimum absolute atomic E-state index is 0.0888. The summed E-state index contributed by atoms with van der Waals surface area (Å²) >= 11 is 0. The SMILES string of the molecule is C=Cc1oc2ccc(C(C)C)cc2c1/C=C\C.CCc1cccc(C)c1.Cc1ccc2c(c1)C(C)(C)c1cc(C)c3ccccc3c1-2.Cc1cccc(C#N)c1.Cc1ccccc1. The molecule has 2 heteroatoms. The van der Waals surface area contributed by atoms with Gasteiger partial charge in [-0.25, -0.2) is 0 Å². The average molecular weight is 828 g/mol. The Bertz CT molecular complexity index is 2860. The molecule has 8 aromatic rings. The van der Waals surface area contributed by atoms with E-state index in [0.29, 0.717) is 5.92 Å². The molecule has 0 amide bonds. The van der Waals surface area contributed by atoms with Crippen LogP contribution in [0.1, 0.15) is 114 Å². The van der Waals surface area contributed by atoms with Gasteiger partial charge in [-0.15, -0.1) is 0 Å². The third-order valence-corrected chi connectivity index (χ3v) is 11.6. The zero-order chi connectivity index (χ0) is 45.7. The molecule has 1 aliphatic rings. The van der Waals surface area contributed by atoms with Gasteiger partial charge < -0.3 is 4.42 Å². The molecule has 320 valence electrons. The smallest absolute Gasteiger partial charge is 0.135 e. The summed E-state index contributed by atoms with van der Waals surface area (Å²) in [7, 11) is 0. The van der Waals surface area contributed by atoms with Crippen LogP contribution in [0.25, 0.3) is 45.0 Å². The van der Waals surface area contributed by atoms with Crippen LogP contribution in [0.4, 0.5) is 0 Å². The zero-order valence-electron chi connectivity index (χ0n) is 39.4. The summed E-state index contributed by atoms with van der Waals surface area (Å²) in [5.74, 6) is 1.37. The summed E-state index contributed by atoms with van der Waals surface area (Å²) in [6.07, 6.45) is 7.01. The molecule has 0 radical (unpaired) electrons. The van der Waals surface area contributed by atoms with E-state index in [2.05, 4.69) is 178 Å². The Labute approximate surface area is 378 Å². The van der Waals surface area contributed by atoms with Crippen molar-refractivity contribution in [3.63, 3.8) is 0 Å². The molecule has 63 heavy (non-hydrogen) atoms. The van der Waals surface area contributed by atoms with Gasteiger partial charge >= 0.3 is 0 Å². The highest BCUT2D eigenvalue weighted by Gasteiger charge is 2.36. The van der Waals surface area contributed by atoms with Crippen molar-refractivity contribution in [1.82, 2.24) is 0 Å². The number of hydrogen-bond acceptors (Lipinski definition) is 2. The van der Waals surface area contributed by atoms with Gasteiger partial charge in [0.15, 0.2) is 0 Å². The Morgan fingerprint density at radius 2 is 1.29 bits per heavy atom. The van der Waals surface area contributed by atoms with Gasteiger partial charge in [-0.05, 0) is 140 Å². The van der Waals surface area contributed by atoms with E-state index in [1.165, 1.54) is 71.8 Å². The van der Waals surface area contributed by atoms with Gasteiger partial charge in [0.2, 0.25) is 0 Å². The van der Waals surface area contributed by atoms with Crippen LogP contribution in [0.3, 0.4) is 0 Å². The molecule has 2 nitrogen and oxygen atoms in total. The highest BCUT2D eigenvalue weighted by Crippen LogP contribution is 2.52. The normalized spacial score (nSPS) is 11.7. The Balaban J connectivity index is 0.000000159. The van der Waals surface area contributed by atoms with Crippen LogP contribution >= 0.6 is 0 Å². The van der Waals surface area contributed by atoms with Crippen LogP contribution in [-0.4, -0.2) is 0 Å². The third-order valence-electron chi connectivity index (χ3n) is 11.6. The lowest BCUT2D eigenvalue weighted by Crippen LogP contribution is -2.15. The summed E-state index contributed by atoms with van der Waals surface area (Å²) in [5, 5.41) is 12.3. The molecule has 7 aromatic carbocycles. The van der Waals surface area contributed by atoms with Crippen LogP contribution in [0.5, 0.6) is 0 Å². The first-order valence-electron chi connectivity index (χ1n) is 22.2. The quantitative estimate of drug-likeness (QED) is 0.177. The number of nitrogens with zero attached hydrogens (tertiary/aromatic N) is 1. The molecule has 1 aromatic heterocycles. The van der Waals surface area contributed by atoms with Crippen molar-refractivity contribution in [2.24, 2.45) is 0 Å². The van der Waals surface area contributed by atoms with Crippen molar-refractivity contribution < 1.29 is 4.42 Å². The van der Waals surface area contributed by atoms with Gasteiger partial charge in [0.25, 0.3) is 0 Å². The van der Waals surface area contributed by atoms with Crippen molar-refractivity contribution >= 4 is 33.9 Å². The number of nitriles is 1. The van der Waals surface area contributed by atoms with Gasteiger partial charge in [0.1, 0.15) is 11.3 Å². The predicted octanol–water partition coefficient (Wildman–Crippen LogP) is 17.4. The molecule has 0 spiro atoms. The molecule has 1 heterocycles. The first kappa shape index (κ1) is 47.4. The van der Waals surface area contributed by atoms with Gasteiger partial charge in [0.05, 0.1) is 11.6 Å². The standard InChI is InChI=1S/C21H20.C16H18O.C9H12.C8H7N.C7H8/c1-13-9-10-17-18(11-13)21(3,4)19-12-14(2)15-7-5-6-8-16(15)20(17)19;1-5-7-13-14-10-12(11(3)4)8-9-16(14)17-15(13)6-2;1-3-9-6-4-5-8(2)7-9;1-7-3-2-4-8(5-7)6-9;1-7-5-3-2-4-6-7/h5-12H,1-4H3;5-11H,2H2,1,3-4H3;4-7H,3H2,1-2H3;2-5H,1H3;2-6H,1H3/b;7-5-;;;. The lowest BCUT2D eigenvalue weighted by atomic mass is 9.81. The molecule has 9 rings (SSSR count). The fraction of sp³-hybridized carbons (Fsp3) is 0.230. The molecule has 1 aliphatic carbocycles. The van der Waals surface area contributed by atoms with Crippen molar-refractivity contribution in [3.8, 4) is 17.2 Å². The maximum atomic E-state index is 8.41. The number of benzene rings is 7. The van der Waals surface area contributed by atoms with E-state index in [9.17, 15) is 0 Å². The van der Waals surface area contributed by atoms with Crippen molar-refractivity contribution in [2.45, 2.75) is 93.9 Å². The Morgan fingerprint density at radius 3 is 1.84 bits per heavy atom. The monoisotopic (exact) mass is 828 g/mol. The van der Waals surface area contributed by atoms with E-state index in [1.807, 2.05) is 62.4 Å². The fourth-order valence-corrected chi connectivity index (χ4v) is 8.06. The largest absolute Gasteiger partial charge is 0.456 e. The molecule has 0 fully saturated rings. The predicted molar refractivity (Wildman–Crippen MR) is 274 cm³/mol. The summed E-state index contributed by atoms with van der Waals surface area (Å²) in [5.41, 5.74) is 18.0. The van der Waals surface area contributed by atoms with Gasteiger partial charge in [-0.1, -0.05) is 191 Å². The number of aryl methyl sites for hydroxylation is 6. The number of furan rings is 1. The van der Waals surface area contributed by atoms with E-state index in [1.54, 1.807) is 12.1 Å². The summed E-state index contributed by atoms with van der Waals surface area (Å²) in [6.45, 7) is 27.7. The molecule has 0 aliphatic heterocycles. The van der Waals surface area contributed by atoms with Crippen LogP contribution in [0, 0.1) is 45.9 Å². The maximum absolute atomic E-state index is 8.41. The Kier molecular flexibility index (Phi) is 16.5. The molecule has 0 atom stereocenters. The van der Waals surface area contributed by atoms with Gasteiger partial charge in [0, 0.05) is 16.4 Å². The minimum atomic E-state index is 0.0888. The summed E-state index contributed by atoms with van der Waals surface area (Å²) < 4.78 is 5.77. The van der Waals surface area contributed by atoms with Crippen LogP contribution in [0.15, 0.2) is 163 Å². The van der Waals surface area contributed by atoms with Crippen molar-refractivity contribution in [3.05, 3.63) is 225 Å². The van der Waals surface area contributed by atoms with E-state index in [4.69, 9.17) is 9.68 Å². The lowest BCUT2D eigenvalue weighted by Gasteiger charge is -2.22. The Morgan fingerprint density at radius 1 is 0.651 bits per heavy atom. The molecule has 0 saturated carbocycles. The first-order chi connectivity index (χ1) is 30.2. The second-order valence-electron chi connectivity index (χ2n) is 17.3. The number of hydrogen-bond donors (Lipinski definition) is 0. The second-order valence-corrected chi connectivity index (χ2v) is 17.3. The van der Waals surface area contributed by atoms with Crippen LogP contribution in [-0.2, 0) is 11.8 Å². The summed E-state index contributed by atoms with van der Waals surface area (Å²) in [4.78, 5) is 0. The summed E-state index contributed by atoms with van der Waals surface area (Å²) in [6, 6.07) is 52.9. The highest BCUT2D eigenvalue weighted by molar-refractivity contribution is 6.03. The van der Waals surface area contributed by atoms with Crippen LogP contribution < -0.4 is 0 Å². The molecular weight excluding hydrogens is 763 g/mol. The maximum Gasteiger partial charge on any atom is 0.135 e. The third kappa shape index (κ3) is 11.8. The van der Waals surface area contributed by atoms with E-state index in [-0.39, 0.29) is 5.41 Å². The fourth-order valence-electron chi connectivity index (χ4n) is 8.06. The topological polar surface area (TPSA) is 36.9 Å². The van der Waals surface area contributed by atoms with Gasteiger partial charge in [-0.2, -0.15) is 5.26 Å². The molecule has 0 N–H and O–H groups in total. The Hall–Kier alpha value is -6.69. The molecule has 0 saturated heterocycles. The highest BCUT2D eigenvalue weighted by atomic mass is 16.3. The average Bonchev–Trinajstić information content (AvgIpc) is 3.74. The number of rotatable bonds is 4. The molecular formula is C61H65NO.